The summed E-state index contributed by atoms with van der Waals surface area (Å²) in [7, 11) is 0. The number of hydrogen-bond donors (Lipinski definition) is 1. The lowest BCUT2D eigenvalue weighted by atomic mass is 9.78. The molecule has 1 aliphatic heterocycles. The Bertz CT molecular complexity index is 1300. The zero-order valence-corrected chi connectivity index (χ0v) is 23.6. The fourth-order valence-electron chi connectivity index (χ4n) is 5.52. The number of carbonyl (C=O) groups is 1. The van der Waals surface area contributed by atoms with Crippen LogP contribution in [0.15, 0.2) is 48.5 Å². The molecule has 2 aromatic rings. The summed E-state index contributed by atoms with van der Waals surface area (Å²) in [6.45, 7) is 3.42. The standard InChI is InChI=1S/C30H33F6NO6/c1-27(2)42-24-14-28(26(38)37-15-18-9-10-18,40-17-19-5-3-7-21(11-19)29(31,32)33)13-23(25(24)43-27)39-16-20-6-4-8-22(12-20)41-30(34,35)36/h3-8,11-12,18,23-25H,9-10,13-17H2,1-2H3,(H,37,38)/t23?,24-,25+,28-/m1/s1. The van der Waals surface area contributed by atoms with E-state index in [1.165, 1.54) is 30.3 Å². The average molecular weight is 618 g/mol. The number of fused-ring (bicyclic) bond motifs is 1. The fourth-order valence-corrected chi connectivity index (χ4v) is 5.52. The van der Waals surface area contributed by atoms with Crippen LogP contribution >= 0.6 is 0 Å². The van der Waals surface area contributed by atoms with E-state index >= 15 is 0 Å². The monoisotopic (exact) mass is 617 g/mol. The van der Waals surface area contributed by atoms with Crippen molar-refractivity contribution in [1.29, 1.82) is 0 Å². The molecule has 13 heteroatoms. The molecule has 7 nitrogen and oxygen atoms in total. The number of halogens is 6. The van der Waals surface area contributed by atoms with Crippen molar-refractivity contribution in [2.24, 2.45) is 5.92 Å². The zero-order valence-electron chi connectivity index (χ0n) is 23.6. The summed E-state index contributed by atoms with van der Waals surface area (Å²) in [6.07, 6.45) is -9.51. The molecule has 4 atom stereocenters. The molecule has 0 aromatic heterocycles. The Hall–Kier alpha value is -2.87. The highest BCUT2D eigenvalue weighted by Gasteiger charge is 2.58. The number of nitrogens with one attached hydrogen (secondary N) is 1. The molecule has 2 aromatic carbocycles. The third-order valence-corrected chi connectivity index (χ3v) is 7.68. The predicted molar refractivity (Wildman–Crippen MR) is 139 cm³/mol. The fraction of sp³-hybridized carbons (Fsp3) is 0.567. The molecule has 2 aliphatic carbocycles. The summed E-state index contributed by atoms with van der Waals surface area (Å²) in [4.78, 5) is 13.8. The zero-order chi connectivity index (χ0) is 31.0. The van der Waals surface area contributed by atoms with Gasteiger partial charge in [-0.3, -0.25) is 4.79 Å². The van der Waals surface area contributed by atoms with Crippen molar-refractivity contribution in [1.82, 2.24) is 5.32 Å². The van der Waals surface area contributed by atoms with E-state index in [0.717, 1.165) is 25.0 Å². The summed E-state index contributed by atoms with van der Waals surface area (Å²) in [5.74, 6) is -1.52. The number of carbonyl (C=O) groups excluding carboxylic acids is 1. The highest BCUT2D eigenvalue weighted by molar-refractivity contribution is 5.85. The highest BCUT2D eigenvalue weighted by atomic mass is 19.4. The summed E-state index contributed by atoms with van der Waals surface area (Å²) < 4.78 is 107. The van der Waals surface area contributed by atoms with Crippen molar-refractivity contribution in [3.63, 3.8) is 0 Å². The lowest BCUT2D eigenvalue weighted by Gasteiger charge is -2.43. The van der Waals surface area contributed by atoms with Crippen molar-refractivity contribution in [2.75, 3.05) is 6.54 Å². The van der Waals surface area contributed by atoms with Gasteiger partial charge in [0.15, 0.2) is 11.4 Å². The number of alkyl halides is 6. The second-order valence-corrected chi connectivity index (χ2v) is 11.7. The molecule has 3 aliphatic rings. The van der Waals surface area contributed by atoms with E-state index in [2.05, 4.69) is 10.1 Å². The molecule has 5 rings (SSSR count). The average Bonchev–Trinajstić information content (AvgIpc) is 3.69. The largest absolute Gasteiger partial charge is 0.573 e. The van der Waals surface area contributed by atoms with E-state index in [1.54, 1.807) is 19.9 Å². The number of hydrogen-bond acceptors (Lipinski definition) is 6. The van der Waals surface area contributed by atoms with E-state index in [-0.39, 0.29) is 31.6 Å². The number of benzene rings is 2. The molecule has 0 radical (unpaired) electrons. The van der Waals surface area contributed by atoms with Crippen LogP contribution < -0.4 is 10.1 Å². The molecule has 3 fully saturated rings. The lowest BCUT2D eigenvalue weighted by molar-refractivity contribution is -0.274. The van der Waals surface area contributed by atoms with Gasteiger partial charge in [-0.2, -0.15) is 13.2 Å². The van der Waals surface area contributed by atoms with Crippen molar-refractivity contribution in [3.05, 3.63) is 65.2 Å². The Morgan fingerprint density at radius 3 is 2.33 bits per heavy atom. The quantitative estimate of drug-likeness (QED) is 0.316. The van der Waals surface area contributed by atoms with Gasteiger partial charge in [-0.1, -0.05) is 24.3 Å². The number of amides is 1. The smallest absolute Gasteiger partial charge is 0.406 e. The van der Waals surface area contributed by atoms with Crippen molar-refractivity contribution in [2.45, 2.75) is 95.0 Å². The molecule has 1 heterocycles. The van der Waals surface area contributed by atoms with Gasteiger partial charge in [0.25, 0.3) is 5.91 Å². The summed E-state index contributed by atoms with van der Waals surface area (Å²) in [5, 5.41) is 2.93. The van der Waals surface area contributed by atoms with Crippen LogP contribution in [0.1, 0.15) is 56.2 Å². The molecule has 2 saturated carbocycles. The third-order valence-electron chi connectivity index (χ3n) is 7.68. The second kappa shape index (κ2) is 11.9. The van der Waals surface area contributed by atoms with Crippen molar-refractivity contribution in [3.8, 4) is 5.75 Å². The van der Waals surface area contributed by atoms with Gasteiger partial charge in [-0.15, -0.1) is 13.2 Å². The minimum Gasteiger partial charge on any atom is -0.406 e. The van der Waals surface area contributed by atoms with Gasteiger partial charge in [0, 0.05) is 19.4 Å². The van der Waals surface area contributed by atoms with Gasteiger partial charge < -0.3 is 29.0 Å². The van der Waals surface area contributed by atoms with E-state index in [9.17, 15) is 31.1 Å². The Balaban J connectivity index is 1.39. The van der Waals surface area contributed by atoms with Gasteiger partial charge >= 0.3 is 12.5 Å². The SMILES string of the molecule is CC1(C)O[C@@H]2C[C@@](OCc3cccc(C(F)(F)F)c3)(C(=O)NCC3CC3)CC(OCc3cccc(OC(F)(F)F)c3)[C@@H]2O1. The molecule has 43 heavy (non-hydrogen) atoms. The van der Waals surface area contributed by atoms with E-state index in [4.69, 9.17) is 18.9 Å². The van der Waals surface area contributed by atoms with Crippen LogP contribution in [0.25, 0.3) is 0 Å². The molecule has 0 bridgehead atoms. The third kappa shape index (κ3) is 8.20. The highest BCUT2D eigenvalue weighted by Crippen LogP contribution is 2.44. The first-order chi connectivity index (χ1) is 20.1. The Morgan fingerprint density at radius 2 is 1.65 bits per heavy atom. The first-order valence-corrected chi connectivity index (χ1v) is 14.0. The van der Waals surface area contributed by atoms with Crippen LogP contribution in [-0.2, 0) is 43.1 Å². The van der Waals surface area contributed by atoms with Crippen molar-refractivity contribution >= 4 is 5.91 Å². The maximum Gasteiger partial charge on any atom is 0.573 e. The lowest BCUT2D eigenvalue weighted by Crippen LogP contribution is -2.60. The number of ether oxygens (including phenoxy) is 5. The maximum absolute atomic E-state index is 13.8. The van der Waals surface area contributed by atoms with Crippen LogP contribution in [0.2, 0.25) is 0 Å². The van der Waals surface area contributed by atoms with Gasteiger partial charge in [0.2, 0.25) is 0 Å². The molecular weight excluding hydrogens is 584 g/mol. The topological polar surface area (TPSA) is 75.3 Å². The maximum atomic E-state index is 13.8. The molecular formula is C30H33F6NO6. The molecule has 0 spiro atoms. The summed E-state index contributed by atoms with van der Waals surface area (Å²) in [5.41, 5.74) is -1.76. The summed E-state index contributed by atoms with van der Waals surface area (Å²) in [6, 6.07) is 10.0. The van der Waals surface area contributed by atoms with E-state index in [0.29, 0.717) is 18.0 Å². The van der Waals surface area contributed by atoms with Gasteiger partial charge in [0.05, 0.1) is 31.0 Å². The van der Waals surface area contributed by atoms with Gasteiger partial charge in [-0.25, -0.2) is 0 Å². The first-order valence-electron chi connectivity index (χ1n) is 14.0. The normalized spacial score (nSPS) is 27.0. The molecule has 1 unspecified atom stereocenters. The van der Waals surface area contributed by atoms with Crippen LogP contribution in [0, 0.1) is 5.92 Å². The van der Waals surface area contributed by atoms with Crippen molar-refractivity contribution < 1.29 is 54.8 Å². The Morgan fingerprint density at radius 1 is 0.953 bits per heavy atom. The first kappa shape index (κ1) is 31.6. The van der Waals surface area contributed by atoms with Crippen LogP contribution in [0.3, 0.4) is 0 Å². The van der Waals surface area contributed by atoms with Crippen LogP contribution in [0.4, 0.5) is 26.3 Å². The van der Waals surface area contributed by atoms with Crippen LogP contribution in [0.5, 0.6) is 5.75 Å². The predicted octanol–water partition coefficient (Wildman–Crippen LogP) is 6.28. The van der Waals surface area contributed by atoms with Gasteiger partial charge in [0.1, 0.15) is 11.9 Å². The van der Waals surface area contributed by atoms with Crippen LogP contribution in [-0.4, -0.2) is 48.5 Å². The van der Waals surface area contributed by atoms with E-state index in [1.807, 2.05) is 0 Å². The molecule has 1 amide bonds. The Labute approximate surface area is 244 Å². The molecule has 1 saturated heterocycles. The summed E-state index contributed by atoms with van der Waals surface area (Å²) >= 11 is 0. The minimum absolute atomic E-state index is 0.0260. The molecule has 236 valence electrons. The minimum atomic E-state index is -4.86. The Kier molecular flexibility index (Phi) is 8.73. The van der Waals surface area contributed by atoms with E-state index < -0.39 is 59.5 Å². The number of rotatable bonds is 10. The van der Waals surface area contributed by atoms with Gasteiger partial charge in [-0.05, 0) is 68.0 Å². The second-order valence-electron chi connectivity index (χ2n) is 11.7. The molecule has 1 N–H and O–H groups in total.